The quantitative estimate of drug-likeness (QED) is 0.855. The molecule has 0 aromatic rings. The van der Waals surface area contributed by atoms with Crippen molar-refractivity contribution in [1.29, 1.82) is 0 Å². The summed E-state index contributed by atoms with van der Waals surface area (Å²) in [5.74, 6) is 1.13. The molecule has 0 aromatic carbocycles. The van der Waals surface area contributed by atoms with E-state index in [0.29, 0.717) is 18.4 Å². The minimum atomic E-state index is 0. The second-order valence-corrected chi connectivity index (χ2v) is 6.08. The molecule has 0 bridgehead atoms. The molecule has 2 heterocycles. The molecule has 2 aliphatic heterocycles. The Morgan fingerprint density at radius 2 is 1.85 bits per heavy atom. The second-order valence-electron chi connectivity index (χ2n) is 6.08. The van der Waals surface area contributed by atoms with E-state index >= 15 is 0 Å². The minimum absolute atomic E-state index is 0. The van der Waals surface area contributed by atoms with Gasteiger partial charge in [-0.2, -0.15) is 0 Å². The number of nitrogens with zero attached hydrogens (tertiary/aromatic N) is 2. The first kappa shape index (κ1) is 20.0. The van der Waals surface area contributed by atoms with E-state index in [1.165, 1.54) is 25.7 Å². The molecule has 6 heteroatoms. The van der Waals surface area contributed by atoms with Gasteiger partial charge in [-0.25, -0.2) is 0 Å². The SMILES string of the molecule is CN(C)CC1CCN(C(=O)CC2CCCN2)CC1.Cl.Cl. The molecule has 0 saturated carbocycles. The van der Waals surface area contributed by atoms with Crippen molar-refractivity contribution >= 4 is 30.7 Å². The second kappa shape index (κ2) is 9.82. The van der Waals surface area contributed by atoms with Crippen molar-refractivity contribution < 1.29 is 4.79 Å². The topological polar surface area (TPSA) is 35.6 Å². The largest absolute Gasteiger partial charge is 0.343 e. The predicted octanol–water partition coefficient (Wildman–Crippen LogP) is 1.77. The van der Waals surface area contributed by atoms with E-state index in [4.69, 9.17) is 0 Å². The molecule has 0 radical (unpaired) electrons. The van der Waals surface area contributed by atoms with Gasteiger partial charge in [-0.05, 0) is 52.2 Å². The average molecular weight is 326 g/mol. The third-order valence-electron chi connectivity index (χ3n) is 4.17. The monoisotopic (exact) mass is 325 g/mol. The van der Waals surface area contributed by atoms with Gasteiger partial charge in [-0.15, -0.1) is 24.8 Å². The maximum absolute atomic E-state index is 12.2. The molecule has 2 fully saturated rings. The summed E-state index contributed by atoms with van der Waals surface area (Å²) in [6.45, 7) is 4.17. The van der Waals surface area contributed by atoms with E-state index in [1.54, 1.807) is 0 Å². The number of piperidine rings is 1. The van der Waals surface area contributed by atoms with Gasteiger partial charge in [-0.3, -0.25) is 4.79 Å². The molecule has 1 N–H and O–H groups in total. The van der Waals surface area contributed by atoms with Crippen LogP contribution in [0.25, 0.3) is 0 Å². The molecule has 1 unspecified atom stereocenters. The van der Waals surface area contributed by atoms with Gasteiger partial charge in [-0.1, -0.05) is 0 Å². The third-order valence-corrected chi connectivity index (χ3v) is 4.17. The van der Waals surface area contributed by atoms with Crippen LogP contribution in [-0.4, -0.2) is 62.0 Å². The van der Waals surface area contributed by atoms with Gasteiger partial charge < -0.3 is 15.1 Å². The molecule has 0 aromatic heterocycles. The molecule has 2 rings (SSSR count). The Morgan fingerprint density at radius 1 is 1.20 bits per heavy atom. The Kier molecular flexibility index (Phi) is 9.81. The summed E-state index contributed by atoms with van der Waals surface area (Å²) in [5, 5.41) is 3.41. The first-order chi connectivity index (χ1) is 8.65. The predicted molar refractivity (Wildman–Crippen MR) is 88.0 cm³/mol. The van der Waals surface area contributed by atoms with E-state index in [0.717, 1.165) is 32.1 Å². The molecule has 1 atom stereocenters. The van der Waals surface area contributed by atoms with Crippen LogP contribution in [0.5, 0.6) is 0 Å². The van der Waals surface area contributed by atoms with Gasteiger partial charge in [0.05, 0.1) is 0 Å². The van der Waals surface area contributed by atoms with Gasteiger partial charge in [0.2, 0.25) is 5.91 Å². The van der Waals surface area contributed by atoms with E-state index in [9.17, 15) is 4.79 Å². The molecule has 2 aliphatic rings. The highest BCUT2D eigenvalue weighted by molar-refractivity contribution is 5.85. The van der Waals surface area contributed by atoms with Crippen LogP contribution >= 0.6 is 24.8 Å². The van der Waals surface area contributed by atoms with Crippen molar-refractivity contribution in [3.05, 3.63) is 0 Å². The lowest BCUT2D eigenvalue weighted by molar-refractivity contribution is -0.133. The van der Waals surface area contributed by atoms with E-state index in [-0.39, 0.29) is 24.8 Å². The molecular weight excluding hydrogens is 297 g/mol. The van der Waals surface area contributed by atoms with Gasteiger partial charge in [0.25, 0.3) is 0 Å². The third kappa shape index (κ3) is 6.17. The highest BCUT2D eigenvalue weighted by Crippen LogP contribution is 2.19. The number of amides is 1. The summed E-state index contributed by atoms with van der Waals surface area (Å²) in [7, 11) is 4.26. The summed E-state index contributed by atoms with van der Waals surface area (Å²) in [6, 6.07) is 0.442. The van der Waals surface area contributed by atoms with Crippen LogP contribution in [0, 0.1) is 5.92 Å². The Labute approximate surface area is 135 Å². The van der Waals surface area contributed by atoms with Crippen LogP contribution in [0.4, 0.5) is 0 Å². The maximum Gasteiger partial charge on any atom is 0.224 e. The molecule has 2 saturated heterocycles. The molecular formula is C14H29Cl2N3O. The van der Waals surface area contributed by atoms with Crippen molar-refractivity contribution in [2.24, 2.45) is 5.92 Å². The number of hydrogen-bond donors (Lipinski definition) is 1. The fraction of sp³-hybridized carbons (Fsp3) is 0.929. The first-order valence-corrected chi connectivity index (χ1v) is 7.31. The van der Waals surface area contributed by atoms with Gasteiger partial charge >= 0.3 is 0 Å². The van der Waals surface area contributed by atoms with Crippen LogP contribution in [-0.2, 0) is 4.79 Å². The summed E-state index contributed by atoms with van der Waals surface area (Å²) in [6.07, 6.45) is 5.44. The number of rotatable bonds is 4. The van der Waals surface area contributed by atoms with Crippen LogP contribution in [0.1, 0.15) is 32.1 Å². The van der Waals surface area contributed by atoms with E-state index < -0.39 is 0 Å². The van der Waals surface area contributed by atoms with Gasteiger partial charge in [0.15, 0.2) is 0 Å². The summed E-state index contributed by atoms with van der Waals surface area (Å²) in [4.78, 5) is 16.5. The normalized spacial score (nSPS) is 23.4. The number of carbonyl (C=O) groups excluding carboxylic acids is 1. The number of carbonyl (C=O) groups is 1. The zero-order valence-electron chi connectivity index (χ0n) is 12.6. The van der Waals surface area contributed by atoms with Crippen molar-refractivity contribution in [3.8, 4) is 0 Å². The molecule has 120 valence electrons. The van der Waals surface area contributed by atoms with Crippen molar-refractivity contribution in [3.63, 3.8) is 0 Å². The standard InChI is InChI=1S/C14H27N3O.2ClH/c1-16(2)11-12-5-8-17(9-6-12)14(18)10-13-4-3-7-15-13;;/h12-13,15H,3-11H2,1-2H3;2*1H. The number of hydrogen-bond acceptors (Lipinski definition) is 3. The molecule has 4 nitrogen and oxygen atoms in total. The highest BCUT2D eigenvalue weighted by Gasteiger charge is 2.25. The van der Waals surface area contributed by atoms with Crippen molar-refractivity contribution in [2.75, 3.05) is 40.3 Å². The first-order valence-electron chi connectivity index (χ1n) is 7.31. The van der Waals surface area contributed by atoms with Crippen LogP contribution in [0.2, 0.25) is 0 Å². The summed E-state index contributed by atoms with van der Waals surface area (Å²) < 4.78 is 0. The number of likely N-dealkylation sites (tertiary alicyclic amines) is 1. The fourth-order valence-corrected chi connectivity index (χ4v) is 3.15. The Morgan fingerprint density at radius 3 is 2.35 bits per heavy atom. The van der Waals surface area contributed by atoms with E-state index in [2.05, 4.69) is 29.2 Å². The van der Waals surface area contributed by atoms with Crippen LogP contribution in [0.15, 0.2) is 0 Å². The van der Waals surface area contributed by atoms with Crippen molar-refractivity contribution in [2.45, 2.75) is 38.1 Å². The van der Waals surface area contributed by atoms with Crippen LogP contribution in [0.3, 0.4) is 0 Å². The van der Waals surface area contributed by atoms with Gasteiger partial charge in [0, 0.05) is 32.1 Å². The number of nitrogens with one attached hydrogen (secondary N) is 1. The average Bonchev–Trinajstić information content (AvgIpc) is 2.82. The zero-order chi connectivity index (χ0) is 13.0. The lowest BCUT2D eigenvalue weighted by Gasteiger charge is -2.33. The Hall–Kier alpha value is -0.0300. The molecule has 0 aliphatic carbocycles. The molecule has 1 amide bonds. The lowest BCUT2D eigenvalue weighted by atomic mass is 9.96. The summed E-state index contributed by atoms with van der Waals surface area (Å²) in [5.41, 5.74) is 0. The minimum Gasteiger partial charge on any atom is -0.343 e. The zero-order valence-corrected chi connectivity index (χ0v) is 14.3. The highest BCUT2D eigenvalue weighted by atomic mass is 35.5. The fourth-order valence-electron chi connectivity index (χ4n) is 3.15. The van der Waals surface area contributed by atoms with Crippen LogP contribution < -0.4 is 5.32 Å². The molecule has 0 spiro atoms. The maximum atomic E-state index is 12.2. The summed E-state index contributed by atoms with van der Waals surface area (Å²) >= 11 is 0. The van der Waals surface area contributed by atoms with E-state index in [1.807, 2.05) is 0 Å². The molecule has 20 heavy (non-hydrogen) atoms. The van der Waals surface area contributed by atoms with Crippen molar-refractivity contribution in [1.82, 2.24) is 15.1 Å². The smallest absolute Gasteiger partial charge is 0.224 e. The number of halogens is 2. The Bertz CT molecular complexity index is 276. The Balaban J connectivity index is 0.00000180. The lowest BCUT2D eigenvalue weighted by Crippen LogP contribution is -2.42. The van der Waals surface area contributed by atoms with Gasteiger partial charge in [0.1, 0.15) is 0 Å².